The van der Waals surface area contributed by atoms with Gasteiger partial charge in [-0.15, -0.1) is 0 Å². The van der Waals surface area contributed by atoms with Gasteiger partial charge >= 0.3 is 6.61 Å². The Kier molecular flexibility index (Phi) is 6.84. The molecular weight excluding hydrogens is 353 g/mol. The number of nitrogens with zero attached hydrogens (tertiary/aromatic N) is 1. The number of carbonyl (C=O) groups excluding carboxylic acids is 1. The number of oxime groups is 1. The highest BCUT2D eigenvalue weighted by Crippen LogP contribution is 2.28. The summed E-state index contributed by atoms with van der Waals surface area (Å²) in [6.07, 6.45) is 1.28. The molecule has 26 heavy (non-hydrogen) atoms. The third kappa shape index (κ3) is 6.00. The molecule has 9 heteroatoms. The second-order valence-corrected chi connectivity index (χ2v) is 4.85. The van der Waals surface area contributed by atoms with Crippen molar-refractivity contribution in [1.82, 2.24) is 0 Å². The molecule has 0 aromatic heterocycles. The Bertz CT molecular complexity index is 767. The van der Waals surface area contributed by atoms with Crippen LogP contribution >= 0.6 is 0 Å². The minimum absolute atomic E-state index is 0.100. The van der Waals surface area contributed by atoms with E-state index in [1.54, 1.807) is 0 Å². The van der Waals surface area contributed by atoms with Crippen LogP contribution in [0.3, 0.4) is 0 Å². The first-order valence-corrected chi connectivity index (χ1v) is 7.31. The van der Waals surface area contributed by atoms with Crippen LogP contribution < -0.4 is 14.8 Å². The smallest absolute Gasteiger partial charge is 0.387 e. The van der Waals surface area contributed by atoms with Crippen molar-refractivity contribution in [2.45, 2.75) is 6.61 Å². The molecule has 1 N–H and O–H groups in total. The number of amides is 1. The molecule has 2 aromatic rings. The van der Waals surface area contributed by atoms with Crippen LogP contribution in [0.5, 0.6) is 11.5 Å². The molecule has 0 atom stereocenters. The molecule has 138 valence electrons. The van der Waals surface area contributed by atoms with Crippen LogP contribution in [-0.2, 0) is 9.63 Å². The largest absolute Gasteiger partial charge is 0.493 e. The molecule has 0 saturated heterocycles. The summed E-state index contributed by atoms with van der Waals surface area (Å²) in [6, 6.07) is 9.42. The zero-order valence-electron chi connectivity index (χ0n) is 13.6. The van der Waals surface area contributed by atoms with E-state index in [0.29, 0.717) is 11.3 Å². The highest BCUT2D eigenvalue weighted by molar-refractivity contribution is 5.91. The Morgan fingerprint density at radius 2 is 1.92 bits per heavy atom. The number of ether oxygens (including phenoxy) is 2. The summed E-state index contributed by atoms with van der Waals surface area (Å²) in [4.78, 5) is 16.5. The quantitative estimate of drug-likeness (QED) is 0.573. The van der Waals surface area contributed by atoms with Crippen LogP contribution in [0.15, 0.2) is 47.6 Å². The van der Waals surface area contributed by atoms with Crippen molar-refractivity contribution in [3.05, 3.63) is 53.8 Å². The summed E-state index contributed by atoms with van der Waals surface area (Å²) in [7, 11) is 1.31. The Morgan fingerprint density at radius 3 is 2.58 bits per heavy atom. The molecule has 0 fully saturated rings. The van der Waals surface area contributed by atoms with Gasteiger partial charge in [-0.1, -0.05) is 5.16 Å². The lowest BCUT2D eigenvalue weighted by Crippen LogP contribution is -2.16. The third-order valence-electron chi connectivity index (χ3n) is 3.00. The first-order chi connectivity index (χ1) is 12.5. The van der Waals surface area contributed by atoms with Crippen LogP contribution in [0.1, 0.15) is 5.56 Å². The van der Waals surface area contributed by atoms with Crippen LogP contribution in [-0.4, -0.2) is 32.4 Å². The molecular formula is C17H15F3N2O4. The van der Waals surface area contributed by atoms with Gasteiger partial charge in [-0.25, -0.2) is 4.39 Å². The molecule has 0 heterocycles. The molecule has 0 bridgehead atoms. The van der Waals surface area contributed by atoms with Crippen molar-refractivity contribution in [2.24, 2.45) is 5.16 Å². The monoisotopic (exact) mass is 368 g/mol. The second kappa shape index (κ2) is 9.30. The van der Waals surface area contributed by atoms with Gasteiger partial charge in [0.1, 0.15) is 5.82 Å². The predicted molar refractivity (Wildman–Crippen MR) is 88.2 cm³/mol. The molecule has 0 aliphatic rings. The van der Waals surface area contributed by atoms with E-state index in [2.05, 4.69) is 15.2 Å². The van der Waals surface area contributed by atoms with Crippen LogP contribution in [0.25, 0.3) is 0 Å². The van der Waals surface area contributed by atoms with Crippen LogP contribution in [0.4, 0.5) is 18.9 Å². The van der Waals surface area contributed by atoms with Crippen molar-refractivity contribution in [2.75, 3.05) is 19.0 Å². The SMILES string of the molecule is COc1cc(/C=N/OCC(=O)Nc2ccc(F)cc2)ccc1OC(F)F. The van der Waals surface area contributed by atoms with Gasteiger partial charge in [0.15, 0.2) is 18.1 Å². The van der Waals surface area contributed by atoms with Crippen LogP contribution in [0.2, 0.25) is 0 Å². The normalized spacial score (nSPS) is 10.8. The van der Waals surface area contributed by atoms with Crippen molar-refractivity contribution in [3.63, 3.8) is 0 Å². The number of anilines is 1. The number of carbonyl (C=O) groups is 1. The van der Waals surface area contributed by atoms with Gasteiger partial charge in [0.25, 0.3) is 5.91 Å². The van der Waals surface area contributed by atoms with Gasteiger partial charge in [-0.3, -0.25) is 4.79 Å². The number of alkyl halides is 2. The Morgan fingerprint density at radius 1 is 1.19 bits per heavy atom. The zero-order chi connectivity index (χ0) is 18.9. The number of halogens is 3. The number of methoxy groups -OCH3 is 1. The van der Waals surface area contributed by atoms with Gasteiger partial charge < -0.3 is 19.6 Å². The van der Waals surface area contributed by atoms with E-state index in [1.807, 2.05) is 0 Å². The van der Waals surface area contributed by atoms with E-state index in [-0.39, 0.29) is 18.1 Å². The van der Waals surface area contributed by atoms with Crippen molar-refractivity contribution < 1.29 is 32.3 Å². The first-order valence-electron chi connectivity index (χ1n) is 7.31. The van der Waals surface area contributed by atoms with E-state index in [1.165, 1.54) is 55.8 Å². The molecule has 0 spiro atoms. The minimum Gasteiger partial charge on any atom is -0.493 e. The topological polar surface area (TPSA) is 69.2 Å². The molecule has 0 aliphatic carbocycles. The molecule has 1 amide bonds. The fourth-order valence-electron chi connectivity index (χ4n) is 1.88. The minimum atomic E-state index is -2.97. The second-order valence-electron chi connectivity index (χ2n) is 4.85. The lowest BCUT2D eigenvalue weighted by atomic mass is 10.2. The standard InChI is InChI=1S/C17H15F3N2O4/c1-24-15-8-11(2-7-14(15)26-17(19)20)9-21-25-10-16(23)22-13-5-3-12(18)4-6-13/h2-9,17H,10H2,1H3,(H,22,23)/b21-9+. The van der Waals surface area contributed by atoms with Gasteiger partial charge in [-0.05, 0) is 42.5 Å². The predicted octanol–water partition coefficient (Wildman–Crippen LogP) is 3.42. The fraction of sp³-hybridized carbons (Fsp3) is 0.176. The zero-order valence-corrected chi connectivity index (χ0v) is 13.6. The van der Waals surface area contributed by atoms with Gasteiger partial charge in [0.05, 0.1) is 13.3 Å². The molecule has 2 aromatic carbocycles. The number of hydrogen-bond donors (Lipinski definition) is 1. The van der Waals surface area contributed by atoms with E-state index >= 15 is 0 Å². The molecule has 2 rings (SSSR count). The molecule has 0 saturated carbocycles. The number of nitrogens with one attached hydrogen (secondary N) is 1. The fourth-order valence-corrected chi connectivity index (χ4v) is 1.88. The van der Waals surface area contributed by atoms with Gasteiger partial charge in [0, 0.05) is 11.3 Å². The summed E-state index contributed by atoms with van der Waals surface area (Å²) in [5.74, 6) is -0.904. The maximum Gasteiger partial charge on any atom is 0.387 e. The number of benzene rings is 2. The van der Waals surface area contributed by atoms with Gasteiger partial charge in [-0.2, -0.15) is 8.78 Å². The summed E-state index contributed by atoms with van der Waals surface area (Å²) in [6.45, 7) is -3.33. The van der Waals surface area contributed by atoms with E-state index in [9.17, 15) is 18.0 Å². The number of hydrogen-bond acceptors (Lipinski definition) is 5. The van der Waals surface area contributed by atoms with E-state index < -0.39 is 18.3 Å². The first kappa shape index (κ1) is 19.1. The van der Waals surface area contributed by atoms with E-state index in [0.717, 1.165) is 0 Å². The van der Waals surface area contributed by atoms with Crippen molar-refractivity contribution in [3.8, 4) is 11.5 Å². The summed E-state index contributed by atoms with van der Waals surface area (Å²) in [5, 5.41) is 6.11. The Hall–Kier alpha value is -3.23. The summed E-state index contributed by atoms with van der Waals surface area (Å²) < 4.78 is 46.5. The molecule has 0 unspecified atom stereocenters. The average Bonchev–Trinajstić information content (AvgIpc) is 2.61. The Balaban J connectivity index is 1.85. The van der Waals surface area contributed by atoms with Crippen molar-refractivity contribution >= 4 is 17.8 Å². The molecule has 0 aliphatic heterocycles. The maximum absolute atomic E-state index is 12.8. The summed E-state index contributed by atoms with van der Waals surface area (Å²) in [5.41, 5.74) is 0.908. The maximum atomic E-state index is 12.8. The molecule has 6 nitrogen and oxygen atoms in total. The molecule has 0 radical (unpaired) electrons. The van der Waals surface area contributed by atoms with E-state index in [4.69, 9.17) is 9.57 Å². The highest BCUT2D eigenvalue weighted by atomic mass is 19.3. The van der Waals surface area contributed by atoms with Crippen molar-refractivity contribution in [1.29, 1.82) is 0 Å². The Labute approximate surface area is 147 Å². The van der Waals surface area contributed by atoms with Gasteiger partial charge in [0.2, 0.25) is 0 Å². The van der Waals surface area contributed by atoms with Crippen LogP contribution in [0, 0.1) is 5.82 Å². The summed E-state index contributed by atoms with van der Waals surface area (Å²) >= 11 is 0. The number of rotatable bonds is 8. The third-order valence-corrected chi connectivity index (χ3v) is 3.00. The lowest BCUT2D eigenvalue weighted by Gasteiger charge is -2.09. The lowest BCUT2D eigenvalue weighted by molar-refractivity contribution is -0.120. The average molecular weight is 368 g/mol. The highest BCUT2D eigenvalue weighted by Gasteiger charge is 2.10.